The van der Waals surface area contributed by atoms with E-state index in [0.717, 1.165) is 179 Å². The number of fused-ring (bicyclic) bond motifs is 13. The molecule has 7 aromatic heterocycles. The van der Waals surface area contributed by atoms with E-state index in [1.165, 1.54) is 65.9 Å². The Kier molecular flexibility index (Phi) is 21.9. The summed E-state index contributed by atoms with van der Waals surface area (Å²) in [5, 5.41) is 7.44. The van der Waals surface area contributed by atoms with Crippen molar-refractivity contribution < 1.29 is 21.1 Å². The molecule has 11 nitrogen and oxygen atoms in total. The fourth-order valence-corrected chi connectivity index (χ4v) is 20.7. The quantitative estimate of drug-likeness (QED) is 0.0850. The van der Waals surface area contributed by atoms with E-state index < -0.39 is 0 Å². The first kappa shape index (κ1) is 89.4. The van der Waals surface area contributed by atoms with Crippen LogP contribution in [0.2, 0.25) is 0 Å². The van der Waals surface area contributed by atoms with Gasteiger partial charge < -0.3 is 29.3 Å². The third-order valence-electron chi connectivity index (χ3n) is 28.3. The van der Waals surface area contributed by atoms with Gasteiger partial charge >= 0.3 is 21.1 Å². The molecule has 0 aliphatic rings. The zero-order chi connectivity index (χ0) is 96.1. The Morgan fingerprint density at radius 2 is 0.437 bits per heavy atom. The summed E-state index contributed by atoms with van der Waals surface area (Å²) in [7, 11) is 0. The summed E-state index contributed by atoms with van der Waals surface area (Å²) >= 11 is 0. The van der Waals surface area contributed by atoms with Crippen molar-refractivity contribution in [1.29, 1.82) is 0 Å². The topological polar surface area (TPSA) is 86.1 Å². The van der Waals surface area contributed by atoms with Crippen LogP contribution >= 0.6 is 0 Å². The van der Waals surface area contributed by atoms with Crippen LogP contribution in [0.3, 0.4) is 0 Å². The third-order valence-corrected chi connectivity index (χ3v) is 28.3. The van der Waals surface area contributed by atoms with Gasteiger partial charge in [0.05, 0.1) is 88.9 Å². The molecule has 0 spiro atoms. The molecule has 0 amide bonds. The molecule has 0 saturated carbocycles. The largest absolute Gasteiger partial charge is 2.00 e. The summed E-state index contributed by atoms with van der Waals surface area (Å²) in [5.74, 6) is 5.97. The predicted molar refractivity (Wildman–Crippen MR) is 587 cm³/mol. The zero-order valence-corrected chi connectivity index (χ0v) is 83.7. The summed E-state index contributed by atoms with van der Waals surface area (Å²) in [6.07, 6.45) is 7.67. The Balaban J connectivity index is 0.000000160. The fourth-order valence-electron chi connectivity index (χ4n) is 20.7. The Labute approximate surface area is 841 Å². The van der Waals surface area contributed by atoms with Gasteiger partial charge in [-0.25, -0.2) is 9.97 Å². The van der Waals surface area contributed by atoms with Gasteiger partial charge in [-0.05, 0) is 260 Å². The minimum absolute atomic E-state index is 0. The normalized spacial score (nSPS) is 12.2. The van der Waals surface area contributed by atoms with Gasteiger partial charge in [-0.15, -0.1) is 42.0 Å². The van der Waals surface area contributed by atoms with Crippen molar-refractivity contribution >= 4 is 110 Å². The first-order chi connectivity index (χ1) is 68.4. The summed E-state index contributed by atoms with van der Waals surface area (Å²) < 4.78 is 16.2. The SMILES string of the molecule is CC(C)(C)c1ccc2c(c1)c1cc(C(C)(C)C)ccc1n2-c1ccc(-n2c(-c3[c-]c(-c4nc5ccccc5n4-c4ccc(-n5c6ccc(C(C)(C)C)cc6c6cc(C(C)(C)C)ccc65)cc4)ccc3)nc3ccccc32)cc1.[C-]#Cc1ccc(-n2c3ccc(-c4ccc(-c5nc6ccccc6n5-c5ccccc5)cc4)cc3c3cc(-c4ccc(-c5nc6ccccc6n5-c5ccccc5)cc4)ccc32)cc1.[Pt+2]. The second-order valence-corrected chi connectivity index (χ2v) is 41.4. The molecule has 12 heteroatoms. The van der Waals surface area contributed by atoms with Gasteiger partial charge in [-0.2, -0.15) is 0 Å². The zero-order valence-electron chi connectivity index (χ0n) is 81.4. The van der Waals surface area contributed by atoms with E-state index in [2.05, 4.69) is 497 Å². The fraction of sp³-hybridized carbons (Fsp3) is 0.123. The van der Waals surface area contributed by atoms with E-state index in [0.29, 0.717) is 0 Å². The minimum Gasteiger partial charge on any atom is -0.366 e. The second-order valence-electron chi connectivity index (χ2n) is 41.4. The third kappa shape index (κ3) is 15.7. The Hall–Kier alpha value is -16.5. The van der Waals surface area contributed by atoms with E-state index in [-0.39, 0.29) is 42.7 Å². The number of imidazole rings is 4. The molecule has 0 bridgehead atoms. The van der Waals surface area contributed by atoms with Crippen molar-refractivity contribution in [3.63, 3.8) is 0 Å². The van der Waals surface area contributed by atoms with Crippen LogP contribution in [0.1, 0.15) is 111 Å². The predicted octanol–water partition coefficient (Wildman–Crippen LogP) is 32.9. The maximum absolute atomic E-state index is 7.67. The Morgan fingerprint density at radius 3 is 0.732 bits per heavy atom. The molecule has 18 aromatic carbocycles. The van der Waals surface area contributed by atoms with Crippen LogP contribution in [0, 0.1) is 18.4 Å². The van der Waals surface area contributed by atoms with E-state index in [4.69, 9.17) is 26.4 Å². The van der Waals surface area contributed by atoms with Gasteiger partial charge in [-0.1, -0.05) is 276 Å². The van der Waals surface area contributed by atoms with Gasteiger partial charge in [0.1, 0.15) is 11.6 Å². The van der Waals surface area contributed by atoms with Crippen molar-refractivity contribution in [1.82, 2.24) is 51.9 Å². The van der Waals surface area contributed by atoms with Crippen LogP contribution in [-0.2, 0) is 42.7 Å². The maximum Gasteiger partial charge on any atom is 2.00 e. The van der Waals surface area contributed by atoms with Crippen LogP contribution in [0.25, 0.3) is 217 Å². The molecule has 0 aliphatic carbocycles. The first-order valence-corrected chi connectivity index (χ1v) is 48.6. The molecule has 0 radical (unpaired) electrons. The molecule has 142 heavy (non-hydrogen) atoms. The van der Waals surface area contributed by atoms with Crippen molar-refractivity contribution in [3.8, 4) is 114 Å². The Bertz CT molecular complexity index is 8640. The van der Waals surface area contributed by atoms with E-state index in [9.17, 15) is 0 Å². The molecular formula is C130H103N11Pt. The molecule has 25 rings (SSSR count). The Morgan fingerprint density at radius 1 is 0.204 bits per heavy atom. The van der Waals surface area contributed by atoms with Gasteiger partial charge in [0.15, 0.2) is 0 Å². The average Bonchev–Trinajstić information content (AvgIpc) is 1.57. The molecule has 0 saturated heterocycles. The van der Waals surface area contributed by atoms with Gasteiger partial charge in [0, 0.05) is 83.3 Å². The van der Waals surface area contributed by atoms with Gasteiger partial charge in [0.25, 0.3) is 0 Å². The van der Waals surface area contributed by atoms with Crippen LogP contribution in [0.15, 0.2) is 406 Å². The summed E-state index contributed by atoms with van der Waals surface area (Å²) in [4.78, 5) is 20.9. The van der Waals surface area contributed by atoms with Gasteiger partial charge in [0.2, 0.25) is 0 Å². The average molecular weight is 2010 g/mol. The van der Waals surface area contributed by atoms with E-state index in [1.54, 1.807) is 0 Å². The molecule has 0 atom stereocenters. The monoisotopic (exact) mass is 2010 g/mol. The molecule has 7 heterocycles. The van der Waals surface area contributed by atoms with Crippen molar-refractivity contribution in [2.75, 3.05) is 0 Å². The maximum atomic E-state index is 7.67. The molecule has 0 N–H and O–H groups in total. The van der Waals surface area contributed by atoms with Crippen molar-refractivity contribution in [2.45, 2.75) is 105 Å². The number of benzene rings is 18. The van der Waals surface area contributed by atoms with Crippen LogP contribution in [-0.4, -0.2) is 51.9 Å². The molecule has 25 aromatic rings. The minimum atomic E-state index is 0. The van der Waals surface area contributed by atoms with Crippen LogP contribution in [0.5, 0.6) is 0 Å². The number of rotatable bonds is 13. The number of aromatic nitrogens is 11. The number of hydrogen-bond donors (Lipinski definition) is 0. The molecule has 688 valence electrons. The summed E-state index contributed by atoms with van der Waals surface area (Å²) in [6.45, 7) is 27.5. The van der Waals surface area contributed by atoms with E-state index >= 15 is 0 Å². The second kappa shape index (κ2) is 34.8. The number of hydrogen-bond acceptors (Lipinski definition) is 4. The van der Waals surface area contributed by atoms with Crippen molar-refractivity contribution in [3.05, 3.63) is 447 Å². The summed E-state index contributed by atoms with van der Waals surface area (Å²) in [6, 6.07) is 150. The number of para-hydroxylation sites is 10. The number of nitrogens with zero attached hydrogens (tertiary/aromatic N) is 11. The smallest absolute Gasteiger partial charge is 0.366 e. The van der Waals surface area contributed by atoms with Gasteiger partial charge in [-0.3, -0.25) is 25.0 Å². The summed E-state index contributed by atoms with van der Waals surface area (Å²) in [5.41, 5.74) is 37.0. The van der Waals surface area contributed by atoms with Crippen LogP contribution in [0.4, 0.5) is 0 Å². The first-order valence-electron chi connectivity index (χ1n) is 48.6. The van der Waals surface area contributed by atoms with E-state index in [1.807, 2.05) is 36.4 Å². The van der Waals surface area contributed by atoms with Crippen LogP contribution < -0.4 is 0 Å². The van der Waals surface area contributed by atoms with Crippen molar-refractivity contribution in [2.24, 2.45) is 0 Å². The standard InChI is InChI=1S/C72H67N6.C58H36N5.Pt/c1-69(2,3)47-24-36-61-55(41-47)56-42-48(70(4,5)6)25-37-62(56)75(61)51-28-32-53(33-29-51)77-65-22-15-13-20-59(65)73-67(77)45-18-17-19-46(40-45)68-74-60-21-14-16-23-66(60)78(68)54-34-30-52(31-35-54)76-63-38-26-49(71(7,8)9)43-57(63)58-44-50(72(10,11)12)27-39-64(58)76;1-2-39-21-33-48(34-22-39)61-53-35-31-44(40-23-27-42(28-24-40)57-59-51-17-9-11-19-55(51)62(57)46-13-5-3-6-14-46)37-49(53)50-38-45(32-36-54(50)61)41-25-29-43(30-26-41)58-60-52-18-10-12-20-56(52)63(58)47-15-7-4-8-16-47;/h13-39,41-44H,1-12H3;3-38H;/q2*-1;+2. The molecule has 0 aliphatic heterocycles. The molecular weight excluding hydrogens is 1910 g/mol. The molecule has 0 fully saturated rings. The molecule has 0 unspecified atom stereocenters.